The molecule has 3 aromatic rings. The van der Waals surface area contributed by atoms with Crippen LogP contribution in [0.25, 0.3) is 10.8 Å². The molecule has 1 fully saturated rings. The number of hydrogen-bond acceptors (Lipinski definition) is 4. The molecule has 2 heterocycles. The molecule has 0 aliphatic carbocycles. The van der Waals surface area contributed by atoms with Gasteiger partial charge in [-0.2, -0.15) is 18.3 Å². The summed E-state index contributed by atoms with van der Waals surface area (Å²) in [6.07, 6.45) is -4.68. The summed E-state index contributed by atoms with van der Waals surface area (Å²) < 4.78 is 45.6. The second-order valence-electron chi connectivity index (χ2n) is 7.73. The van der Waals surface area contributed by atoms with Crippen molar-refractivity contribution in [3.05, 3.63) is 51.8 Å². The first-order valence-corrected chi connectivity index (χ1v) is 11.0. The third-order valence-corrected chi connectivity index (χ3v) is 6.53. The topological polar surface area (TPSA) is 50.6 Å². The number of nitrogens with zero attached hydrogens (tertiary/aromatic N) is 4. The van der Waals surface area contributed by atoms with Gasteiger partial charge in [0.1, 0.15) is 12.3 Å². The van der Waals surface area contributed by atoms with Crippen molar-refractivity contribution in [3.63, 3.8) is 0 Å². The molecule has 0 unspecified atom stereocenters. The minimum Gasteiger partial charge on any atom is -0.495 e. The number of benzene rings is 2. The Labute approximate surface area is 198 Å². The summed E-state index contributed by atoms with van der Waals surface area (Å²) in [5.74, 6) is 0.291. The van der Waals surface area contributed by atoms with Crippen molar-refractivity contribution in [3.8, 4) is 5.75 Å². The molecule has 1 amide bonds. The third kappa shape index (κ3) is 4.44. The van der Waals surface area contributed by atoms with Crippen LogP contribution < -0.4 is 9.64 Å². The van der Waals surface area contributed by atoms with Crippen LogP contribution in [-0.2, 0) is 17.5 Å². The number of carbonyl (C=O) groups is 1. The van der Waals surface area contributed by atoms with Crippen molar-refractivity contribution in [2.24, 2.45) is 0 Å². The highest BCUT2D eigenvalue weighted by Gasteiger charge is 2.38. The summed E-state index contributed by atoms with van der Waals surface area (Å²) >= 11 is 12.2. The van der Waals surface area contributed by atoms with Crippen molar-refractivity contribution in [2.45, 2.75) is 19.6 Å². The van der Waals surface area contributed by atoms with Crippen LogP contribution in [0.1, 0.15) is 11.4 Å². The Morgan fingerprint density at radius 3 is 2.33 bits per heavy atom. The van der Waals surface area contributed by atoms with Crippen molar-refractivity contribution >= 4 is 45.6 Å². The van der Waals surface area contributed by atoms with Crippen LogP contribution in [0, 0.1) is 6.92 Å². The van der Waals surface area contributed by atoms with E-state index in [0.29, 0.717) is 37.0 Å². The number of methoxy groups -OCH3 is 1. The van der Waals surface area contributed by atoms with Gasteiger partial charge in [0.05, 0.1) is 22.8 Å². The monoisotopic (exact) mass is 500 g/mol. The molecule has 0 radical (unpaired) electrons. The average Bonchev–Trinajstić information content (AvgIpc) is 3.07. The van der Waals surface area contributed by atoms with Crippen molar-refractivity contribution in [1.82, 2.24) is 14.7 Å². The first-order chi connectivity index (χ1) is 15.6. The molecule has 6 nitrogen and oxygen atoms in total. The van der Waals surface area contributed by atoms with Crippen LogP contribution in [-0.4, -0.2) is 53.9 Å². The van der Waals surface area contributed by atoms with E-state index in [-0.39, 0.29) is 18.1 Å². The van der Waals surface area contributed by atoms with E-state index in [2.05, 4.69) is 10.00 Å². The van der Waals surface area contributed by atoms with E-state index in [1.807, 2.05) is 30.3 Å². The van der Waals surface area contributed by atoms with Gasteiger partial charge in [0, 0.05) is 42.6 Å². The Bertz CT molecular complexity index is 1200. The molecule has 0 bridgehead atoms. The van der Waals surface area contributed by atoms with E-state index in [1.54, 1.807) is 12.0 Å². The van der Waals surface area contributed by atoms with Gasteiger partial charge in [-0.05, 0) is 13.0 Å². The number of amides is 1. The van der Waals surface area contributed by atoms with Crippen LogP contribution in [0.5, 0.6) is 5.75 Å². The summed E-state index contributed by atoms with van der Waals surface area (Å²) in [4.78, 5) is 16.5. The van der Waals surface area contributed by atoms with Crippen molar-refractivity contribution in [2.75, 3.05) is 38.2 Å². The SMILES string of the molecule is COc1c(Cl)cc(N2CCN(C(=O)Cn3nc(C(F)(F)F)c(Cl)c3C)CC2)c2ccccc12. The van der Waals surface area contributed by atoms with Crippen LogP contribution in [0.4, 0.5) is 18.9 Å². The van der Waals surface area contributed by atoms with E-state index < -0.39 is 16.9 Å². The summed E-state index contributed by atoms with van der Waals surface area (Å²) in [6.45, 7) is 3.03. The van der Waals surface area contributed by atoms with E-state index in [4.69, 9.17) is 27.9 Å². The lowest BCUT2D eigenvalue weighted by atomic mass is 10.1. The predicted molar refractivity (Wildman–Crippen MR) is 121 cm³/mol. The highest BCUT2D eigenvalue weighted by atomic mass is 35.5. The maximum Gasteiger partial charge on any atom is 0.436 e. The van der Waals surface area contributed by atoms with Gasteiger partial charge in [-0.1, -0.05) is 47.5 Å². The molecule has 2 aromatic carbocycles. The first-order valence-electron chi connectivity index (χ1n) is 10.2. The number of alkyl halides is 3. The molecule has 0 spiro atoms. The van der Waals surface area contributed by atoms with Crippen LogP contribution >= 0.6 is 23.2 Å². The zero-order valence-electron chi connectivity index (χ0n) is 17.9. The van der Waals surface area contributed by atoms with Crippen LogP contribution in [0.3, 0.4) is 0 Å². The Hall–Kier alpha value is -2.65. The highest BCUT2D eigenvalue weighted by molar-refractivity contribution is 6.34. The van der Waals surface area contributed by atoms with E-state index in [9.17, 15) is 18.0 Å². The minimum atomic E-state index is -4.68. The van der Waals surface area contributed by atoms with E-state index >= 15 is 0 Å². The molecular weight excluding hydrogens is 480 g/mol. The lowest BCUT2D eigenvalue weighted by Gasteiger charge is -2.37. The molecule has 1 aliphatic heterocycles. The molecule has 0 atom stereocenters. The Morgan fingerprint density at radius 1 is 1.12 bits per heavy atom. The predicted octanol–water partition coefficient (Wildman–Crippen LogP) is 5.03. The smallest absolute Gasteiger partial charge is 0.436 e. The van der Waals surface area contributed by atoms with Gasteiger partial charge in [0.25, 0.3) is 0 Å². The number of piperazine rings is 1. The zero-order valence-corrected chi connectivity index (χ0v) is 19.4. The van der Waals surface area contributed by atoms with Crippen LogP contribution in [0.15, 0.2) is 30.3 Å². The van der Waals surface area contributed by atoms with Gasteiger partial charge in [-0.3, -0.25) is 9.48 Å². The molecule has 33 heavy (non-hydrogen) atoms. The fourth-order valence-corrected chi connectivity index (χ4v) is 4.57. The Kier molecular flexibility index (Phi) is 6.37. The largest absolute Gasteiger partial charge is 0.495 e. The maximum absolute atomic E-state index is 13.0. The molecule has 0 N–H and O–H groups in total. The quantitative estimate of drug-likeness (QED) is 0.504. The summed E-state index contributed by atoms with van der Waals surface area (Å²) in [6, 6.07) is 9.63. The normalized spacial score (nSPS) is 14.8. The van der Waals surface area contributed by atoms with Crippen molar-refractivity contribution < 1.29 is 22.7 Å². The fourth-order valence-electron chi connectivity index (χ4n) is 4.05. The Balaban J connectivity index is 1.49. The molecular formula is C22H21Cl2F3N4O2. The number of anilines is 1. The lowest BCUT2D eigenvalue weighted by molar-refractivity contribution is -0.142. The Morgan fingerprint density at radius 2 is 1.76 bits per heavy atom. The van der Waals surface area contributed by atoms with Gasteiger partial charge in [0.2, 0.25) is 5.91 Å². The number of carbonyl (C=O) groups excluding carboxylic acids is 1. The summed E-state index contributed by atoms with van der Waals surface area (Å²) in [7, 11) is 1.57. The molecule has 11 heteroatoms. The zero-order chi connectivity index (χ0) is 23.9. The maximum atomic E-state index is 13.0. The fraction of sp³-hybridized carbons (Fsp3) is 0.364. The molecule has 1 aromatic heterocycles. The molecule has 1 saturated heterocycles. The standard InChI is InChI=1S/C22H21Cl2F3N4O2/c1-13-19(24)21(22(25,26)27)28-31(13)12-18(32)30-9-7-29(8-10-30)17-11-16(23)20(33-2)15-6-4-3-5-14(15)17/h3-6,11H,7-10,12H2,1-2H3. The number of ether oxygens (including phenoxy) is 1. The number of fused-ring (bicyclic) bond motifs is 1. The number of hydrogen-bond donors (Lipinski definition) is 0. The molecule has 176 valence electrons. The second-order valence-corrected chi connectivity index (χ2v) is 8.51. The average molecular weight is 501 g/mol. The van der Waals surface area contributed by atoms with Gasteiger partial charge < -0.3 is 14.5 Å². The number of aromatic nitrogens is 2. The third-order valence-electron chi connectivity index (χ3n) is 5.79. The highest BCUT2D eigenvalue weighted by Crippen LogP contribution is 2.40. The summed E-state index contributed by atoms with van der Waals surface area (Å²) in [5, 5.41) is 5.41. The molecule has 0 saturated carbocycles. The summed E-state index contributed by atoms with van der Waals surface area (Å²) in [5.41, 5.74) is -0.133. The number of rotatable bonds is 4. The van der Waals surface area contributed by atoms with E-state index in [0.717, 1.165) is 21.1 Å². The van der Waals surface area contributed by atoms with Crippen LogP contribution in [0.2, 0.25) is 10.0 Å². The van der Waals surface area contributed by atoms with Gasteiger partial charge >= 0.3 is 6.18 Å². The lowest BCUT2D eigenvalue weighted by Crippen LogP contribution is -2.49. The van der Waals surface area contributed by atoms with Crippen molar-refractivity contribution in [1.29, 1.82) is 0 Å². The molecule has 4 rings (SSSR count). The molecule has 1 aliphatic rings. The first kappa shape index (κ1) is 23.5. The second kappa shape index (κ2) is 8.95. The minimum absolute atomic E-state index is 0.107. The van der Waals surface area contributed by atoms with Gasteiger partial charge in [-0.15, -0.1) is 0 Å². The van der Waals surface area contributed by atoms with Gasteiger partial charge in [-0.25, -0.2) is 0 Å². The van der Waals surface area contributed by atoms with E-state index in [1.165, 1.54) is 6.92 Å². The van der Waals surface area contributed by atoms with Gasteiger partial charge in [0.15, 0.2) is 5.69 Å². The number of halogens is 5.